The fraction of sp³-hybridized carbons (Fsp3) is 0.538. The van der Waals surface area contributed by atoms with E-state index >= 15 is 0 Å². The van der Waals surface area contributed by atoms with Gasteiger partial charge in [0.2, 0.25) is 0 Å². The monoisotopic (exact) mass is 254 g/mol. The van der Waals surface area contributed by atoms with Crippen molar-refractivity contribution in [3.05, 3.63) is 28.8 Å². The SMILES string of the molecule is Cc1ccc(NCCC2CNCCO2)cc1Cl. The molecule has 0 bridgehead atoms. The van der Waals surface area contributed by atoms with E-state index < -0.39 is 0 Å². The first kappa shape index (κ1) is 12.7. The van der Waals surface area contributed by atoms with E-state index in [0.717, 1.165) is 48.9 Å². The maximum Gasteiger partial charge on any atom is 0.0716 e. The molecule has 1 unspecified atom stereocenters. The Morgan fingerprint density at radius 1 is 1.53 bits per heavy atom. The number of rotatable bonds is 4. The van der Waals surface area contributed by atoms with Gasteiger partial charge < -0.3 is 15.4 Å². The zero-order chi connectivity index (χ0) is 12.1. The normalized spacial score (nSPS) is 20.2. The first-order valence-electron chi connectivity index (χ1n) is 6.08. The Morgan fingerprint density at radius 2 is 2.41 bits per heavy atom. The van der Waals surface area contributed by atoms with Crippen molar-refractivity contribution < 1.29 is 4.74 Å². The highest BCUT2D eigenvalue weighted by molar-refractivity contribution is 6.31. The smallest absolute Gasteiger partial charge is 0.0716 e. The van der Waals surface area contributed by atoms with Gasteiger partial charge >= 0.3 is 0 Å². The second-order valence-corrected chi connectivity index (χ2v) is 4.78. The number of hydrogen-bond acceptors (Lipinski definition) is 3. The number of aryl methyl sites for hydroxylation is 1. The molecule has 0 spiro atoms. The maximum atomic E-state index is 6.07. The summed E-state index contributed by atoms with van der Waals surface area (Å²) in [6, 6.07) is 6.06. The minimum atomic E-state index is 0.331. The van der Waals surface area contributed by atoms with E-state index in [9.17, 15) is 0 Å². The number of ether oxygens (including phenoxy) is 1. The van der Waals surface area contributed by atoms with Crippen LogP contribution in [-0.4, -0.2) is 32.3 Å². The molecule has 2 N–H and O–H groups in total. The van der Waals surface area contributed by atoms with Gasteiger partial charge in [-0.1, -0.05) is 17.7 Å². The van der Waals surface area contributed by atoms with Crippen molar-refractivity contribution in [3.63, 3.8) is 0 Å². The first-order valence-corrected chi connectivity index (χ1v) is 6.46. The Hall–Kier alpha value is -0.770. The van der Waals surface area contributed by atoms with Gasteiger partial charge in [0.1, 0.15) is 0 Å². The van der Waals surface area contributed by atoms with Crippen LogP contribution in [0.4, 0.5) is 5.69 Å². The minimum Gasteiger partial charge on any atom is -0.385 e. The number of benzene rings is 1. The van der Waals surface area contributed by atoms with Crippen molar-refractivity contribution in [1.82, 2.24) is 5.32 Å². The molecule has 1 aliphatic heterocycles. The molecule has 94 valence electrons. The molecule has 0 aromatic heterocycles. The van der Waals surface area contributed by atoms with E-state index in [2.05, 4.69) is 16.7 Å². The predicted molar refractivity (Wildman–Crippen MR) is 71.9 cm³/mol. The molecule has 1 aromatic rings. The number of halogens is 1. The van der Waals surface area contributed by atoms with Crippen molar-refractivity contribution in [2.75, 3.05) is 31.6 Å². The van der Waals surface area contributed by atoms with E-state index in [0.29, 0.717) is 6.10 Å². The summed E-state index contributed by atoms with van der Waals surface area (Å²) < 4.78 is 5.63. The third-order valence-electron chi connectivity index (χ3n) is 2.97. The highest BCUT2D eigenvalue weighted by atomic mass is 35.5. The number of hydrogen-bond donors (Lipinski definition) is 2. The number of anilines is 1. The Balaban J connectivity index is 1.75. The fourth-order valence-corrected chi connectivity index (χ4v) is 2.07. The molecular weight excluding hydrogens is 236 g/mol. The van der Waals surface area contributed by atoms with Gasteiger partial charge in [-0.3, -0.25) is 0 Å². The van der Waals surface area contributed by atoms with Crippen LogP contribution in [0.2, 0.25) is 5.02 Å². The lowest BCUT2D eigenvalue weighted by molar-refractivity contribution is 0.0258. The highest BCUT2D eigenvalue weighted by Gasteiger charge is 2.12. The highest BCUT2D eigenvalue weighted by Crippen LogP contribution is 2.19. The Bertz CT molecular complexity index is 364. The molecule has 1 aliphatic rings. The zero-order valence-corrected chi connectivity index (χ0v) is 10.9. The van der Waals surface area contributed by atoms with Gasteiger partial charge in [-0.2, -0.15) is 0 Å². The minimum absolute atomic E-state index is 0.331. The lowest BCUT2D eigenvalue weighted by Gasteiger charge is -2.23. The molecule has 1 heterocycles. The van der Waals surface area contributed by atoms with Gasteiger partial charge in [0.05, 0.1) is 12.7 Å². The predicted octanol–water partition coefficient (Wildman–Crippen LogP) is 2.44. The molecular formula is C13H19ClN2O. The average Bonchev–Trinajstić information content (AvgIpc) is 2.35. The van der Waals surface area contributed by atoms with Gasteiger partial charge in [-0.15, -0.1) is 0 Å². The average molecular weight is 255 g/mol. The van der Waals surface area contributed by atoms with Crippen molar-refractivity contribution in [2.24, 2.45) is 0 Å². The molecule has 0 radical (unpaired) electrons. The topological polar surface area (TPSA) is 33.3 Å². The van der Waals surface area contributed by atoms with Crippen LogP contribution in [0.1, 0.15) is 12.0 Å². The summed E-state index contributed by atoms with van der Waals surface area (Å²) in [5.74, 6) is 0. The molecule has 1 atom stereocenters. The van der Waals surface area contributed by atoms with E-state index in [-0.39, 0.29) is 0 Å². The molecule has 0 amide bonds. The standard InChI is InChI=1S/C13H19ClN2O/c1-10-2-3-11(8-13(10)14)16-5-4-12-9-15-6-7-17-12/h2-3,8,12,15-16H,4-7,9H2,1H3. The third-order valence-corrected chi connectivity index (χ3v) is 3.38. The van der Waals surface area contributed by atoms with Crippen molar-refractivity contribution >= 4 is 17.3 Å². The molecule has 1 saturated heterocycles. The molecule has 1 aromatic carbocycles. The summed E-state index contributed by atoms with van der Waals surface area (Å²) in [5, 5.41) is 7.50. The molecule has 3 nitrogen and oxygen atoms in total. The zero-order valence-electron chi connectivity index (χ0n) is 10.1. The molecule has 0 saturated carbocycles. The Labute approximate surface area is 107 Å². The van der Waals surface area contributed by atoms with Crippen LogP contribution in [0.25, 0.3) is 0 Å². The lowest BCUT2D eigenvalue weighted by atomic mass is 10.2. The van der Waals surface area contributed by atoms with Crippen LogP contribution in [0.15, 0.2) is 18.2 Å². The largest absolute Gasteiger partial charge is 0.385 e. The van der Waals surface area contributed by atoms with Crippen molar-refractivity contribution in [1.29, 1.82) is 0 Å². The summed E-state index contributed by atoms with van der Waals surface area (Å²) in [5.41, 5.74) is 2.18. The third kappa shape index (κ3) is 3.87. The van der Waals surface area contributed by atoms with E-state index in [1.165, 1.54) is 0 Å². The van der Waals surface area contributed by atoms with Crippen LogP contribution >= 0.6 is 11.6 Å². The molecule has 0 aliphatic carbocycles. The van der Waals surface area contributed by atoms with E-state index in [4.69, 9.17) is 16.3 Å². The van der Waals surface area contributed by atoms with E-state index in [1.54, 1.807) is 0 Å². The Morgan fingerprint density at radius 3 is 3.12 bits per heavy atom. The summed E-state index contributed by atoms with van der Waals surface area (Å²) in [4.78, 5) is 0. The summed E-state index contributed by atoms with van der Waals surface area (Å²) in [6.45, 7) is 5.66. The second kappa shape index (κ2) is 6.24. The van der Waals surface area contributed by atoms with Crippen LogP contribution in [0.5, 0.6) is 0 Å². The molecule has 1 fully saturated rings. The van der Waals surface area contributed by atoms with Gasteiger partial charge in [0.25, 0.3) is 0 Å². The maximum absolute atomic E-state index is 6.07. The summed E-state index contributed by atoms with van der Waals surface area (Å²) >= 11 is 6.07. The molecule has 2 rings (SSSR count). The van der Waals surface area contributed by atoms with Crippen molar-refractivity contribution in [3.8, 4) is 0 Å². The fourth-order valence-electron chi connectivity index (χ4n) is 1.89. The first-order chi connectivity index (χ1) is 8.25. The van der Waals surface area contributed by atoms with E-state index in [1.807, 2.05) is 19.1 Å². The summed E-state index contributed by atoms with van der Waals surface area (Å²) in [6.07, 6.45) is 1.34. The van der Waals surface area contributed by atoms with Gasteiger partial charge in [0.15, 0.2) is 0 Å². The second-order valence-electron chi connectivity index (χ2n) is 4.38. The Kier molecular flexibility index (Phi) is 4.66. The molecule has 17 heavy (non-hydrogen) atoms. The van der Waals surface area contributed by atoms with Crippen molar-refractivity contribution in [2.45, 2.75) is 19.4 Å². The van der Waals surface area contributed by atoms with Gasteiger partial charge in [-0.05, 0) is 31.0 Å². The number of nitrogens with one attached hydrogen (secondary N) is 2. The van der Waals surface area contributed by atoms with Gasteiger partial charge in [-0.25, -0.2) is 0 Å². The number of morpholine rings is 1. The van der Waals surface area contributed by atoms with Crippen LogP contribution in [-0.2, 0) is 4.74 Å². The molecule has 4 heteroatoms. The van der Waals surface area contributed by atoms with Crippen LogP contribution < -0.4 is 10.6 Å². The van der Waals surface area contributed by atoms with Crippen LogP contribution in [0.3, 0.4) is 0 Å². The lowest BCUT2D eigenvalue weighted by Crippen LogP contribution is -2.39. The summed E-state index contributed by atoms with van der Waals surface area (Å²) in [7, 11) is 0. The van der Waals surface area contributed by atoms with Gasteiger partial charge in [0, 0.05) is 30.3 Å². The van der Waals surface area contributed by atoms with Crippen LogP contribution in [0, 0.1) is 6.92 Å². The quantitative estimate of drug-likeness (QED) is 0.866.